The monoisotopic (exact) mass is 368 g/mol. The van der Waals surface area contributed by atoms with Crippen LogP contribution in [0.25, 0.3) is 0 Å². The summed E-state index contributed by atoms with van der Waals surface area (Å²) in [5.41, 5.74) is 4.83. The molecule has 2 atom stereocenters. The molecule has 28 heavy (non-hydrogen) atoms. The van der Waals surface area contributed by atoms with E-state index in [4.69, 9.17) is 4.74 Å². The minimum absolute atomic E-state index is 0.00198. The van der Waals surface area contributed by atoms with Gasteiger partial charge in [-0.25, -0.2) is 5.01 Å². The molecule has 0 spiro atoms. The molecule has 0 radical (unpaired) electrons. The quantitative estimate of drug-likeness (QED) is 0.618. The van der Waals surface area contributed by atoms with Crippen LogP contribution in [0.5, 0.6) is 11.5 Å². The first kappa shape index (κ1) is 16.8. The van der Waals surface area contributed by atoms with Crippen molar-refractivity contribution in [3.8, 4) is 11.5 Å². The molecule has 2 aliphatic heterocycles. The molecule has 0 bridgehead atoms. The summed E-state index contributed by atoms with van der Waals surface area (Å²) in [5, 5.41) is 6.16. The van der Waals surface area contributed by atoms with Gasteiger partial charge in [0.25, 0.3) is 5.91 Å². The maximum atomic E-state index is 13.5. The molecule has 2 aliphatic rings. The molecule has 0 unspecified atom stereocenters. The van der Waals surface area contributed by atoms with Gasteiger partial charge >= 0.3 is 0 Å². The Kier molecular flexibility index (Phi) is 3.79. The predicted molar refractivity (Wildman–Crippen MR) is 110 cm³/mol. The van der Waals surface area contributed by atoms with Crippen LogP contribution in [0.1, 0.15) is 29.5 Å². The Balaban J connectivity index is 1.65. The number of fused-ring (bicyclic) bond motifs is 2. The van der Waals surface area contributed by atoms with Gasteiger partial charge in [-0.3, -0.25) is 4.79 Å². The summed E-state index contributed by atoms with van der Waals surface area (Å²) in [6.07, 6.45) is 0. The second-order valence-electron chi connectivity index (χ2n) is 7.36. The molecule has 3 aromatic carbocycles. The van der Waals surface area contributed by atoms with Crippen molar-refractivity contribution in [1.29, 1.82) is 0 Å². The Morgan fingerprint density at radius 3 is 2.36 bits per heavy atom. The van der Waals surface area contributed by atoms with Crippen LogP contribution in [0, 0.1) is 12.8 Å². The van der Waals surface area contributed by atoms with E-state index < -0.39 is 0 Å². The molecule has 0 aromatic heterocycles. The van der Waals surface area contributed by atoms with E-state index >= 15 is 0 Å². The van der Waals surface area contributed by atoms with Crippen LogP contribution in [0.15, 0.2) is 77.9 Å². The van der Waals surface area contributed by atoms with E-state index in [2.05, 4.69) is 24.2 Å². The fourth-order valence-corrected chi connectivity index (χ4v) is 4.20. The zero-order chi connectivity index (χ0) is 19.3. The molecule has 5 rings (SSSR count). The van der Waals surface area contributed by atoms with Crippen molar-refractivity contribution in [2.75, 3.05) is 5.01 Å². The van der Waals surface area contributed by atoms with Gasteiger partial charge in [0.2, 0.25) is 0 Å². The van der Waals surface area contributed by atoms with Gasteiger partial charge in [0, 0.05) is 22.8 Å². The van der Waals surface area contributed by atoms with E-state index in [0.717, 1.165) is 39.6 Å². The summed E-state index contributed by atoms with van der Waals surface area (Å²) < 4.78 is 6.14. The third kappa shape index (κ3) is 2.53. The predicted octanol–water partition coefficient (Wildman–Crippen LogP) is 5.27. The number of carbonyl (C=O) groups is 1. The lowest BCUT2D eigenvalue weighted by Crippen LogP contribution is -2.33. The number of carbonyl (C=O) groups excluding carboxylic acids is 1. The van der Waals surface area contributed by atoms with Gasteiger partial charge in [0.1, 0.15) is 11.5 Å². The average Bonchev–Trinajstić information content (AvgIpc) is 3.01. The fraction of sp³-hybridized carbons (Fsp3) is 0.167. The highest BCUT2D eigenvalue weighted by molar-refractivity contribution is 6.15. The summed E-state index contributed by atoms with van der Waals surface area (Å²) in [5.74, 6) is 1.14. The minimum atomic E-state index is -0.356. The second kappa shape index (κ2) is 6.34. The van der Waals surface area contributed by atoms with E-state index in [1.165, 1.54) is 5.01 Å². The number of para-hydroxylation sites is 2. The second-order valence-corrected chi connectivity index (χ2v) is 7.36. The van der Waals surface area contributed by atoms with Gasteiger partial charge in [0.05, 0.1) is 11.6 Å². The lowest BCUT2D eigenvalue weighted by Gasteiger charge is -2.31. The van der Waals surface area contributed by atoms with Gasteiger partial charge in [0.15, 0.2) is 0 Å². The lowest BCUT2D eigenvalue weighted by atomic mass is 9.76. The van der Waals surface area contributed by atoms with Crippen molar-refractivity contribution in [2.45, 2.75) is 19.8 Å². The molecule has 0 saturated heterocycles. The number of aryl methyl sites for hydroxylation is 1. The number of anilines is 1. The van der Waals surface area contributed by atoms with Crippen LogP contribution in [0.3, 0.4) is 0 Å². The van der Waals surface area contributed by atoms with Crippen LogP contribution in [0.4, 0.5) is 5.69 Å². The first-order valence-electron chi connectivity index (χ1n) is 9.45. The minimum Gasteiger partial charge on any atom is -0.457 e. The number of nitrogens with zero attached hydrogens (tertiary/aromatic N) is 2. The van der Waals surface area contributed by atoms with Gasteiger partial charge in [-0.1, -0.05) is 54.1 Å². The number of rotatable bonds is 2. The molecule has 0 saturated carbocycles. The molecule has 0 aliphatic carbocycles. The largest absolute Gasteiger partial charge is 0.457 e. The molecular weight excluding hydrogens is 348 g/mol. The Bertz CT molecular complexity index is 1100. The third-order valence-electron chi connectivity index (χ3n) is 5.49. The normalized spacial score (nSPS) is 20.3. The molecular formula is C24H20N2O2. The highest BCUT2D eigenvalue weighted by Crippen LogP contribution is 2.49. The molecule has 0 fully saturated rings. The highest BCUT2D eigenvalue weighted by Gasteiger charge is 2.44. The topological polar surface area (TPSA) is 41.9 Å². The fourth-order valence-electron chi connectivity index (χ4n) is 4.20. The van der Waals surface area contributed by atoms with Crippen LogP contribution >= 0.6 is 0 Å². The maximum absolute atomic E-state index is 13.5. The zero-order valence-electron chi connectivity index (χ0n) is 15.8. The highest BCUT2D eigenvalue weighted by atomic mass is 16.5. The van der Waals surface area contributed by atoms with Crippen molar-refractivity contribution in [2.24, 2.45) is 11.0 Å². The molecule has 4 heteroatoms. The summed E-state index contributed by atoms with van der Waals surface area (Å²) in [7, 11) is 0. The van der Waals surface area contributed by atoms with Crippen LogP contribution in [-0.4, -0.2) is 11.6 Å². The van der Waals surface area contributed by atoms with Crippen LogP contribution in [0.2, 0.25) is 0 Å². The van der Waals surface area contributed by atoms with E-state index in [-0.39, 0.29) is 17.7 Å². The Morgan fingerprint density at radius 2 is 1.54 bits per heavy atom. The zero-order valence-corrected chi connectivity index (χ0v) is 15.8. The Hall–Kier alpha value is -3.40. The van der Waals surface area contributed by atoms with Gasteiger partial charge in [-0.15, -0.1) is 0 Å². The molecule has 4 nitrogen and oxygen atoms in total. The first-order valence-corrected chi connectivity index (χ1v) is 9.45. The third-order valence-corrected chi connectivity index (χ3v) is 5.49. The summed E-state index contributed by atoms with van der Waals surface area (Å²) in [6, 6.07) is 23.7. The number of ether oxygens (including phenoxy) is 1. The molecule has 1 amide bonds. The molecule has 3 aromatic rings. The van der Waals surface area contributed by atoms with E-state index in [1.54, 1.807) is 0 Å². The van der Waals surface area contributed by atoms with E-state index in [9.17, 15) is 4.79 Å². The maximum Gasteiger partial charge on any atom is 0.257 e. The number of amides is 1. The van der Waals surface area contributed by atoms with E-state index in [0.29, 0.717) is 0 Å². The van der Waals surface area contributed by atoms with Gasteiger partial charge < -0.3 is 4.74 Å². The Morgan fingerprint density at radius 1 is 0.821 bits per heavy atom. The number of hydrogen-bond acceptors (Lipinski definition) is 3. The number of hydrazone groups is 1. The molecule has 138 valence electrons. The SMILES string of the molecule is CC1=NN(c2ccccc2)C(=O)[C@@H]1[C@@H]1c2ccccc2Oc2ccc(C)cc21. The summed E-state index contributed by atoms with van der Waals surface area (Å²) >= 11 is 0. The van der Waals surface area contributed by atoms with Crippen LogP contribution < -0.4 is 9.75 Å². The van der Waals surface area contributed by atoms with Gasteiger partial charge in [-0.2, -0.15) is 5.10 Å². The smallest absolute Gasteiger partial charge is 0.257 e. The standard InChI is InChI=1S/C24H20N2O2/c1-15-12-13-21-19(14-15)23(18-10-6-7-11-20(18)28-21)22-16(2)25-26(24(22)27)17-8-4-3-5-9-17/h3-14,22-23H,1-2H3/t22-,23+/m0/s1. The van der Waals surface area contributed by atoms with E-state index in [1.807, 2.05) is 67.6 Å². The molecule has 2 heterocycles. The number of benzene rings is 3. The van der Waals surface area contributed by atoms with Crippen molar-refractivity contribution in [1.82, 2.24) is 0 Å². The van der Waals surface area contributed by atoms with Crippen molar-refractivity contribution < 1.29 is 9.53 Å². The van der Waals surface area contributed by atoms with Crippen molar-refractivity contribution in [3.05, 3.63) is 89.5 Å². The summed E-state index contributed by atoms with van der Waals surface area (Å²) in [6.45, 7) is 4.00. The Labute approximate surface area is 164 Å². The average molecular weight is 368 g/mol. The lowest BCUT2D eigenvalue weighted by molar-refractivity contribution is -0.120. The summed E-state index contributed by atoms with van der Waals surface area (Å²) in [4.78, 5) is 13.5. The van der Waals surface area contributed by atoms with Crippen LogP contribution in [-0.2, 0) is 4.79 Å². The molecule has 0 N–H and O–H groups in total. The van der Waals surface area contributed by atoms with Gasteiger partial charge in [-0.05, 0) is 38.1 Å². The van der Waals surface area contributed by atoms with Crippen molar-refractivity contribution in [3.63, 3.8) is 0 Å². The first-order chi connectivity index (χ1) is 13.6. The number of hydrogen-bond donors (Lipinski definition) is 0. The van der Waals surface area contributed by atoms with Crippen molar-refractivity contribution >= 4 is 17.3 Å².